The Bertz CT molecular complexity index is 1430. The van der Waals surface area contributed by atoms with Gasteiger partial charge in [0.05, 0.1) is 5.69 Å². The van der Waals surface area contributed by atoms with E-state index in [1.54, 1.807) is 42.5 Å². The predicted octanol–water partition coefficient (Wildman–Crippen LogP) is 1.30. The number of nitrogens with one attached hydrogen (secondary N) is 2. The van der Waals surface area contributed by atoms with Crippen molar-refractivity contribution in [2.24, 2.45) is 0 Å². The molecule has 0 saturated heterocycles. The van der Waals surface area contributed by atoms with E-state index in [9.17, 15) is 16.8 Å². The fourth-order valence-electron chi connectivity index (χ4n) is 2.92. The van der Waals surface area contributed by atoms with Gasteiger partial charge in [0, 0.05) is 17.3 Å². The van der Waals surface area contributed by atoms with Crippen molar-refractivity contribution in [2.45, 2.75) is 16.5 Å². The zero-order valence-electron chi connectivity index (χ0n) is 16.6. The van der Waals surface area contributed by atoms with Crippen LogP contribution in [0.5, 0.6) is 0 Å². The van der Waals surface area contributed by atoms with Crippen LogP contribution in [0.15, 0.2) is 71.8 Å². The van der Waals surface area contributed by atoms with Crippen LogP contribution >= 0.6 is 0 Å². The second-order valence-electron chi connectivity index (χ2n) is 6.87. The van der Waals surface area contributed by atoms with Gasteiger partial charge in [0.2, 0.25) is 19.9 Å². The Morgan fingerprint density at radius 1 is 0.875 bits per heavy atom. The zero-order chi connectivity index (χ0) is 22.8. The number of sulfone groups is 1. The maximum atomic E-state index is 12.8. The first-order chi connectivity index (χ1) is 15.2. The number of hydrogen-bond donors (Lipinski definition) is 3. The summed E-state index contributed by atoms with van der Waals surface area (Å²) in [5, 5.41) is 14.0. The van der Waals surface area contributed by atoms with Gasteiger partial charge in [-0.25, -0.2) is 21.5 Å². The van der Waals surface area contributed by atoms with Gasteiger partial charge in [0.1, 0.15) is 11.5 Å². The van der Waals surface area contributed by atoms with Gasteiger partial charge in [0.15, 0.2) is 16.7 Å². The van der Waals surface area contributed by atoms with Crippen molar-refractivity contribution in [1.29, 1.82) is 0 Å². The van der Waals surface area contributed by atoms with Crippen molar-refractivity contribution in [3.63, 3.8) is 0 Å². The maximum absolute atomic E-state index is 12.8. The first-order valence-corrected chi connectivity index (χ1v) is 12.6. The number of para-hydroxylation sites is 1. The molecule has 0 atom stereocenters. The van der Waals surface area contributed by atoms with Crippen LogP contribution in [0, 0.1) is 0 Å². The van der Waals surface area contributed by atoms with E-state index in [1.165, 1.54) is 6.07 Å². The second-order valence-corrected chi connectivity index (χ2v) is 10.6. The summed E-state index contributed by atoms with van der Waals surface area (Å²) in [7, 11) is -7.73. The largest absolute Gasteiger partial charge is 0.336 e. The predicted molar refractivity (Wildman–Crippen MR) is 118 cm³/mol. The Hall–Kier alpha value is -3.71. The molecule has 0 bridgehead atoms. The molecule has 32 heavy (non-hydrogen) atoms. The molecule has 2 aromatic heterocycles. The summed E-state index contributed by atoms with van der Waals surface area (Å²) in [6.07, 6.45) is 0. The van der Waals surface area contributed by atoms with Crippen LogP contribution in [0.3, 0.4) is 0 Å². The molecule has 2 heterocycles. The van der Waals surface area contributed by atoms with Crippen LogP contribution in [-0.2, 0) is 31.4 Å². The van der Waals surface area contributed by atoms with Gasteiger partial charge < -0.3 is 5.84 Å². The Morgan fingerprint density at radius 2 is 1.47 bits per heavy atom. The lowest BCUT2D eigenvalue weighted by Crippen LogP contribution is -2.23. The number of aromatic amines is 1. The lowest BCUT2D eigenvalue weighted by atomic mass is 10.2. The van der Waals surface area contributed by atoms with Gasteiger partial charge in [-0.1, -0.05) is 48.5 Å². The molecule has 4 N–H and O–H groups in total. The molecule has 0 radical (unpaired) electrons. The van der Waals surface area contributed by atoms with Crippen LogP contribution in [0.25, 0.3) is 11.3 Å². The highest BCUT2D eigenvalue weighted by atomic mass is 32.2. The van der Waals surface area contributed by atoms with Crippen molar-refractivity contribution in [2.75, 3.05) is 10.6 Å². The third kappa shape index (κ3) is 4.78. The standard InChI is InChI=1S/C19H19N7O4S2/c20-26-17(22-23-18(26)13-32(29,30)25-15-9-5-2-6-10-15)12-31(27,28)19-11-16(21-24-19)14-7-3-1-4-8-14/h1-11,25H,12-13,20H2,(H,21,24). The number of nitrogens with zero attached hydrogens (tertiary/aromatic N) is 4. The summed E-state index contributed by atoms with van der Waals surface area (Å²) in [5.41, 5.74) is 1.61. The first kappa shape index (κ1) is 21.5. The minimum absolute atomic E-state index is 0.104. The van der Waals surface area contributed by atoms with Gasteiger partial charge in [-0.15, -0.1) is 10.2 Å². The number of hydrogen-bond acceptors (Lipinski definition) is 8. The van der Waals surface area contributed by atoms with Gasteiger partial charge in [-0.05, 0) is 12.1 Å². The average molecular weight is 474 g/mol. The highest BCUT2D eigenvalue weighted by molar-refractivity contribution is 7.92. The number of rotatable bonds is 8. The summed E-state index contributed by atoms with van der Waals surface area (Å²) in [5.74, 6) is 4.53. The average Bonchev–Trinajstić information content (AvgIpc) is 3.38. The van der Waals surface area contributed by atoms with Crippen molar-refractivity contribution < 1.29 is 16.8 Å². The molecule has 4 aromatic rings. The highest BCUT2D eigenvalue weighted by Crippen LogP contribution is 2.21. The number of anilines is 1. The van der Waals surface area contributed by atoms with Crippen molar-refractivity contribution in [3.8, 4) is 11.3 Å². The number of nitrogen functional groups attached to an aromatic ring is 1. The molecule has 0 spiro atoms. The van der Waals surface area contributed by atoms with E-state index in [1.807, 2.05) is 18.2 Å². The molecular weight excluding hydrogens is 454 g/mol. The minimum Gasteiger partial charge on any atom is -0.336 e. The van der Waals surface area contributed by atoms with E-state index in [4.69, 9.17) is 5.84 Å². The van der Waals surface area contributed by atoms with Crippen LogP contribution in [0.4, 0.5) is 5.69 Å². The van der Waals surface area contributed by atoms with Crippen molar-refractivity contribution in [1.82, 2.24) is 25.1 Å². The molecule has 166 valence electrons. The van der Waals surface area contributed by atoms with E-state index >= 15 is 0 Å². The van der Waals surface area contributed by atoms with Gasteiger partial charge >= 0.3 is 0 Å². The monoisotopic (exact) mass is 473 g/mol. The second kappa shape index (κ2) is 8.43. The zero-order valence-corrected chi connectivity index (χ0v) is 18.2. The van der Waals surface area contributed by atoms with E-state index in [0.717, 1.165) is 10.2 Å². The molecule has 0 aliphatic carbocycles. The molecule has 0 fully saturated rings. The molecule has 0 aliphatic rings. The number of nitrogens with two attached hydrogens (primary N) is 1. The van der Waals surface area contributed by atoms with E-state index in [2.05, 4.69) is 25.1 Å². The molecule has 0 amide bonds. The lowest BCUT2D eigenvalue weighted by molar-refractivity contribution is 0.588. The minimum atomic E-state index is -3.89. The van der Waals surface area contributed by atoms with Crippen molar-refractivity contribution >= 4 is 25.5 Å². The Labute approximate surface area is 184 Å². The Kier molecular flexibility index (Phi) is 5.67. The number of benzene rings is 2. The molecule has 13 heteroatoms. The number of aromatic nitrogens is 5. The molecular formula is C19H19N7O4S2. The maximum Gasteiger partial charge on any atom is 0.240 e. The molecule has 4 rings (SSSR count). The molecule has 0 aliphatic heterocycles. The summed E-state index contributed by atoms with van der Waals surface area (Å²) >= 11 is 0. The Balaban J connectivity index is 1.50. The lowest BCUT2D eigenvalue weighted by Gasteiger charge is -2.08. The number of sulfonamides is 1. The van der Waals surface area contributed by atoms with E-state index < -0.39 is 31.4 Å². The van der Waals surface area contributed by atoms with Gasteiger partial charge in [0.25, 0.3) is 0 Å². The van der Waals surface area contributed by atoms with Crippen LogP contribution in [-0.4, -0.2) is 41.9 Å². The van der Waals surface area contributed by atoms with Crippen LogP contribution < -0.4 is 10.6 Å². The molecule has 2 aromatic carbocycles. The van der Waals surface area contributed by atoms with Crippen LogP contribution in [0.1, 0.15) is 11.6 Å². The van der Waals surface area contributed by atoms with Crippen LogP contribution in [0.2, 0.25) is 0 Å². The summed E-state index contributed by atoms with van der Waals surface area (Å²) in [6, 6.07) is 18.8. The highest BCUT2D eigenvalue weighted by Gasteiger charge is 2.25. The van der Waals surface area contributed by atoms with E-state index in [0.29, 0.717) is 11.4 Å². The molecule has 0 saturated carbocycles. The fourth-order valence-corrected chi connectivity index (χ4v) is 5.19. The van der Waals surface area contributed by atoms with Crippen molar-refractivity contribution in [3.05, 3.63) is 78.4 Å². The molecule has 11 nitrogen and oxygen atoms in total. The Morgan fingerprint density at radius 3 is 2.12 bits per heavy atom. The first-order valence-electron chi connectivity index (χ1n) is 9.31. The fraction of sp³-hybridized carbons (Fsp3) is 0.105. The molecule has 0 unspecified atom stereocenters. The number of H-pyrrole nitrogens is 1. The normalized spacial score (nSPS) is 12.0. The quantitative estimate of drug-likeness (QED) is 0.322. The summed E-state index contributed by atoms with van der Waals surface area (Å²) < 4.78 is 53.7. The summed E-state index contributed by atoms with van der Waals surface area (Å²) in [6.45, 7) is 0. The summed E-state index contributed by atoms with van der Waals surface area (Å²) in [4.78, 5) is 0. The van der Waals surface area contributed by atoms with Gasteiger partial charge in [-0.2, -0.15) is 5.10 Å². The topological polar surface area (TPSA) is 166 Å². The van der Waals surface area contributed by atoms with Gasteiger partial charge in [-0.3, -0.25) is 9.82 Å². The third-order valence-electron chi connectivity index (χ3n) is 4.48. The van der Waals surface area contributed by atoms with E-state index in [-0.39, 0.29) is 16.7 Å². The third-order valence-corrected chi connectivity index (χ3v) is 7.18. The SMILES string of the molecule is Nn1c(CS(=O)(=O)Nc2ccccc2)nnc1CS(=O)(=O)c1cc(-c2ccccc2)n[nH]1. The smallest absolute Gasteiger partial charge is 0.240 e.